The maximum Gasteiger partial charge on any atom is 0.151 e. The van der Waals surface area contributed by atoms with Gasteiger partial charge in [-0.1, -0.05) is 0 Å². The maximum atomic E-state index is 11.6. The predicted octanol–water partition coefficient (Wildman–Crippen LogP) is 0.808. The SMILES string of the molecule is Nc1ccc2nc(CCN3CCCS(=O)(=O)CC3)[nH]c2c1. The van der Waals surface area contributed by atoms with Crippen molar-refractivity contribution < 1.29 is 8.42 Å². The first-order chi connectivity index (χ1) is 10.0. The van der Waals surface area contributed by atoms with E-state index in [9.17, 15) is 8.42 Å². The summed E-state index contributed by atoms with van der Waals surface area (Å²) in [5.41, 5.74) is 8.33. The molecule has 3 rings (SSSR count). The second-order valence-electron chi connectivity index (χ2n) is 5.56. The van der Waals surface area contributed by atoms with Crippen molar-refractivity contribution in [3.05, 3.63) is 24.0 Å². The van der Waals surface area contributed by atoms with Crippen molar-refractivity contribution >= 4 is 26.6 Å². The molecule has 21 heavy (non-hydrogen) atoms. The number of benzene rings is 1. The highest BCUT2D eigenvalue weighted by Gasteiger charge is 2.19. The molecule has 0 saturated carbocycles. The summed E-state index contributed by atoms with van der Waals surface area (Å²) in [5.74, 6) is 1.50. The van der Waals surface area contributed by atoms with E-state index in [1.165, 1.54) is 0 Å². The summed E-state index contributed by atoms with van der Waals surface area (Å²) in [6.45, 7) is 2.28. The predicted molar refractivity (Wildman–Crippen MR) is 83.9 cm³/mol. The molecule has 2 heterocycles. The molecule has 0 radical (unpaired) electrons. The van der Waals surface area contributed by atoms with Crippen molar-refractivity contribution in [3.63, 3.8) is 0 Å². The summed E-state index contributed by atoms with van der Waals surface area (Å²) in [6, 6.07) is 5.63. The van der Waals surface area contributed by atoms with Crippen LogP contribution in [0.1, 0.15) is 12.2 Å². The van der Waals surface area contributed by atoms with Gasteiger partial charge in [0, 0.05) is 25.2 Å². The second-order valence-corrected chi connectivity index (χ2v) is 7.86. The number of rotatable bonds is 3. The fraction of sp³-hybridized carbons (Fsp3) is 0.500. The van der Waals surface area contributed by atoms with Crippen molar-refractivity contribution in [2.45, 2.75) is 12.8 Å². The van der Waals surface area contributed by atoms with Crippen molar-refractivity contribution in [3.8, 4) is 0 Å². The van der Waals surface area contributed by atoms with Gasteiger partial charge in [0.25, 0.3) is 0 Å². The van der Waals surface area contributed by atoms with Crippen LogP contribution in [0.25, 0.3) is 11.0 Å². The van der Waals surface area contributed by atoms with Gasteiger partial charge in [-0.05, 0) is 31.2 Å². The monoisotopic (exact) mass is 308 g/mol. The molecule has 1 fully saturated rings. The third-order valence-electron chi connectivity index (χ3n) is 3.87. The molecular formula is C14H20N4O2S. The van der Waals surface area contributed by atoms with Gasteiger partial charge in [0.2, 0.25) is 0 Å². The molecular weight excluding hydrogens is 288 g/mol. The minimum atomic E-state index is -2.84. The van der Waals surface area contributed by atoms with Crippen LogP contribution in [-0.2, 0) is 16.3 Å². The quantitative estimate of drug-likeness (QED) is 0.819. The topological polar surface area (TPSA) is 92.1 Å². The normalized spacial score (nSPS) is 19.6. The summed E-state index contributed by atoms with van der Waals surface area (Å²) in [6.07, 6.45) is 1.51. The molecule has 0 bridgehead atoms. The first-order valence-corrected chi connectivity index (χ1v) is 9.01. The van der Waals surface area contributed by atoms with Gasteiger partial charge in [-0.15, -0.1) is 0 Å². The van der Waals surface area contributed by atoms with Crippen LogP contribution in [-0.4, -0.2) is 54.4 Å². The zero-order chi connectivity index (χ0) is 14.9. The van der Waals surface area contributed by atoms with Gasteiger partial charge in [-0.2, -0.15) is 0 Å². The van der Waals surface area contributed by atoms with Gasteiger partial charge >= 0.3 is 0 Å². The van der Waals surface area contributed by atoms with E-state index in [2.05, 4.69) is 14.9 Å². The zero-order valence-corrected chi connectivity index (χ0v) is 12.7. The fourth-order valence-electron chi connectivity index (χ4n) is 2.68. The highest BCUT2D eigenvalue weighted by Crippen LogP contribution is 2.15. The Morgan fingerprint density at radius 3 is 3.00 bits per heavy atom. The Kier molecular flexibility index (Phi) is 3.86. The summed E-state index contributed by atoms with van der Waals surface area (Å²) >= 11 is 0. The fourth-order valence-corrected chi connectivity index (χ4v) is 3.99. The number of aromatic nitrogens is 2. The zero-order valence-electron chi connectivity index (χ0n) is 11.9. The van der Waals surface area contributed by atoms with Crippen LogP contribution in [0, 0.1) is 0 Å². The minimum Gasteiger partial charge on any atom is -0.399 e. The number of nitrogens with one attached hydrogen (secondary N) is 1. The molecule has 114 valence electrons. The molecule has 1 aromatic carbocycles. The number of nitrogens with zero attached hydrogens (tertiary/aromatic N) is 2. The second kappa shape index (κ2) is 5.65. The summed E-state index contributed by atoms with van der Waals surface area (Å²) < 4.78 is 23.2. The lowest BCUT2D eigenvalue weighted by molar-refractivity contribution is 0.297. The van der Waals surface area contributed by atoms with E-state index >= 15 is 0 Å². The average molecular weight is 308 g/mol. The van der Waals surface area contributed by atoms with E-state index in [0.29, 0.717) is 12.3 Å². The van der Waals surface area contributed by atoms with E-state index in [1.807, 2.05) is 18.2 Å². The van der Waals surface area contributed by atoms with Crippen LogP contribution >= 0.6 is 0 Å². The Balaban J connectivity index is 1.63. The molecule has 1 aromatic heterocycles. The van der Waals surface area contributed by atoms with Crippen LogP contribution in [0.15, 0.2) is 18.2 Å². The van der Waals surface area contributed by atoms with Crippen LogP contribution in [0.3, 0.4) is 0 Å². The molecule has 1 aliphatic rings. The van der Waals surface area contributed by atoms with Gasteiger partial charge in [0.15, 0.2) is 9.84 Å². The first-order valence-electron chi connectivity index (χ1n) is 7.19. The summed E-state index contributed by atoms with van der Waals surface area (Å²) in [7, 11) is -2.84. The molecule has 2 aromatic rings. The maximum absolute atomic E-state index is 11.6. The van der Waals surface area contributed by atoms with E-state index in [1.54, 1.807) is 0 Å². The highest BCUT2D eigenvalue weighted by atomic mass is 32.2. The van der Waals surface area contributed by atoms with Crippen molar-refractivity contribution in [2.75, 3.05) is 36.9 Å². The smallest absolute Gasteiger partial charge is 0.151 e. The molecule has 1 aliphatic heterocycles. The molecule has 0 spiro atoms. The number of imidazole rings is 1. The number of hydrogen-bond donors (Lipinski definition) is 2. The van der Waals surface area contributed by atoms with Crippen LogP contribution in [0.5, 0.6) is 0 Å². The Morgan fingerprint density at radius 2 is 2.14 bits per heavy atom. The lowest BCUT2D eigenvalue weighted by Gasteiger charge is -2.18. The summed E-state index contributed by atoms with van der Waals surface area (Å²) in [4.78, 5) is 10.0. The lowest BCUT2D eigenvalue weighted by Crippen LogP contribution is -2.29. The first kappa shape index (κ1) is 14.3. The number of sulfone groups is 1. The van der Waals surface area contributed by atoms with Gasteiger partial charge in [-0.3, -0.25) is 0 Å². The number of H-pyrrole nitrogens is 1. The van der Waals surface area contributed by atoms with Crippen LogP contribution in [0.2, 0.25) is 0 Å². The number of hydrogen-bond acceptors (Lipinski definition) is 5. The van der Waals surface area contributed by atoms with Crippen molar-refractivity contribution in [2.24, 2.45) is 0 Å². The number of aromatic amines is 1. The Labute approximate surface area is 124 Å². The molecule has 6 nitrogen and oxygen atoms in total. The van der Waals surface area contributed by atoms with E-state index in [0.717, 1.165) is 48.5 Å². The van der Waals surface area contributed by atoms with Gasteiger partial charge in [0.1, 0.15) is 5.82 Å². The van der Waals surface area contributed by atoms with E-state index in [-0.39, 0.29) is 5.75 Å². The Bertz CT molecular complexity index is 739. The largest absolute Gasteiger partial charge is 0.399 e. The van der Waals surface area contributed by atoms with Crippen molar-refractivity contribution in [1.29, 1.82) is 0 Å². The molecule has 7 heteroatoms. The van der Waals surface area contributed by atoms with Crippen molar-refractivity contribution in [1.82, 2.24) is 14.9 Å². The molecule has 0 amide bonds. The van der Waals surface area contributed by atoms with Gasteiger partial charge in [0.05, 0.1) is 22.5 Å². The Hall–Kier alpha value is -1.60. The number of anilines is 1. The molecule has 0 aliphatic carbocycles. The third kappa shape index (κ3) is 3.54. The third-order valence-corrected chi connectivity index (χ3v) is 5.58. The highest BCUT2D eigenvalue weighted by molar-refractivity contribution is 7.91. The van der Waals surface area contributed by atoms with Gasteiger partial charge < -0.3 is 15.6 Å². The molecule has 0 atom stereocenters. The van der Waals surface area contributed by atoms with E-state index in [4.69, 9.17) is 5.73 Å². The average Bonchev–Trinajstić information content (AvgIpc) is 2.74. The number of fused-ring (bicyclic) bond motifs is 1. The summed E-state index contributed by atoms with van der Waals surface area (Å²) in [5, 5.41) is 0. The molecule has 3 N–H and O–H groups in total. The van der Waals surface area contributed by atoms with Gasteiger partial charge in [-0.25, -0.2) is 13.4 Å². The minimum absolute atomic E-state index is 0.268. The van der Waals surface area contributed by atoms with Crippen LogP contribution in [0.4, 0.5) is 5.69 Å². The van der Waals surface area contributed by atoms with Crippen LogP contribution < -0.4 is 5.73 Å². The molecule has 1 saturated heterocycles. The van der Waals surface area contributed by atoms with E-state index < -0.39 is 9.84 Å². The number of nitrogen functional groups attached to an aromatic ring is 1. The number of nitrogens with two attached hydrogens (primary N) is 1. The molecule has 0 unspecified atom stereocenters. The Morgan fingerprint density at radius 1 is 1.29 bits per heavy atom. The lowest BCUT2D eigenvalue weighted by atomic mass is 10.3. The standard InChI is InChI=1S/C14H20N4O2S/c15-11-2-3-12-13(10-11)17-14(16-12)4-6-18-5-1-8-21(19,20)9-7-18/h2-3,10H,1,4-9,15H2,(H,16,17).